The molecule has 0 aromatic rings. The SMILES string of the molecule is [2H]C([2H])([2H])C([2H])([2H])C([2H])([2H])CCCCC/C=C/CCCCCCCC(=O)O[C@H](COC(=O)CCCCCCCCCCCCCC)COP(=O)([O-])OCC[N+](C)(C)C. The molecule has 0 amide bonds. The third kappa shape index (κ3) is 38.3. The summed E-state index contributed by atoms with van der Waals surface area (Å²) in [6.45, 7) is -1.23. The molecule has 0 heterocycles. The second-order valence-corrected chi connectivity index (χ2v) is 16.1. The number of quaternary nitrogens is 1. The Balaban J connectivity index is 4.45. The zero-order valence-corrected chi connectivity index (χ0v) is 33.8. The van der Waals surface area contributed by atoms with Crippen molar-refractivity contribution in [1.29, 1.82) is 0 Å². The Morgan fingerprint density at radius 2 is 1.20 bits per heavy atom. The Morgan fingerprint density at radius 1 is 0.706 bits per heavy atom. The van der Waals surface area contributed by atoms with E-state index in [-0.39, 0.29) is 32.5 Å². The lowest BCUT2D eigenvalue weighted by Crippen LogP contribution is -2.37. The van der Waals surface area contributed by atoms with Crippen LogP contribution >= 0.6 is 7.82 Å². The maximum atomic E-state index is 12.7. The quantitative estimate of drug-likeness (QED) is 0.0201. The van der Waals surface area contributed by atoms with Crippen molar-refractivity contribution in [3.8, 4) is 0 Å². The molecule has 51 heavy (non-hydrogen) atoms. The van der Waals surface area contributed by atoms with Crippen LogP contribution in [0.3, 0.4) is 0 Å². The summed E-state index contributed by atoms with van der Waals surface area (Å²) in [7, 11) is 1.04. The summed E-state index contributed by atoms with van der Waals surface area (Å²) in [5, 5.41) is 0. The minimum atomic E-state index is -4.67. The van der Waals surface area contributed by atoms with Crippen molar-refractivity contribution in [3.63, 3.8) is 0 Å². The Bertz CT molecular complexity index is 1150. The second kappa shape index (κ2) is 34.5. The Kier molecular flexibility index (Phi) is 25.7. The zero-order chi connectivity index (χ0) is 44.0. The number of hydrogen-bond donors (Lipinski definition) is 0. The van der Waals surface area contributed by atoms with Crippen molar-refractivity contribution in [2.24, 2.45) is 0 Å². The topological polar surface area (TPSA) is 111 Å². The van der Waals surface area contributed by atoms with Gasteiger partial charge >= 0.3 is 11.9 Å². The summed E-state index contributed by atoms with van der Waals surface area (Å²) >= 11 is 0. The van der Waals surface area contributed by atoms with E-state index in [0.29, 0.717) is 36.7 Å². The van der Waals surface area contributed by atoms with E-state index < -0.39 is 52.1 Å². The Morgan fingerprint density at radius 3 is 1.73 bits per heavy atom. The fourth-order valence-electron chi connectivity index (χ4n) is 5.38. The van der Waals surface area contributed by atoms with Crippen LogP contribution in [0, 0.1) is 0 Å². The number of allylic oxidation sites excluding steroid dienone is 2. The zero-order valence-electron chi connectivity index (χ0n) is 39.9. The number of likely N-dealkylation sites (N-methyl/N-ethyl adjacent to an activating group) is 1. The lowest BCUT2D eigenvalue weighted by molar-refractivity contribution is -0.870. The second-order valence-electron chi connectivity index (χ2n) is 14.7. The molecule has 0 saturated carbocycles. The van der Waals surface area contributed by atoms with Gasteiger partial charge in [-0.2, -0.15) is 0 Å². The molecule has 0 fully saturated rings. The maximum Gasteiger partial charge on any atom is 0.306 e. The predicted molar refractivity (Wildman–Crippen MR) is 208 cm³/mol. The van der Waals surface area contributed by atoms with Gasteiger partial charge in [0.1, 0.15) is 19.8 Å². The van der Waals surface area contributed by atoms with Crippen LogP contribution in [0.2, 0.25) is 0 Å². The number of phosphoric acid groups is 1. The number of carbonyl (C=O) groups excluding carboxylic acids is 2. The molecule has 2 atom stereocenters. The molecule has 1 unspecified atom stereocenters. The average molecular weight is 753 g/mol. The van der Waals surface area contributed by atoms with Crippen molar-refractivity contribution in [2.75, 3.05) is 47.5 Å². The lowest BCUT2D eigenvalue weighted by Gasteiger charge is -2.28. The standard InChI is InChI=1S/C41H80NO8P/c1-6-8-10-12-14-16-18-20-21-22-24-26-28-30-32-34-41(44)50-39(38-49-51(45,46)48-36-35-42(3,4)5)37-47-40(43)33-31-29-27-25-23-19-17-15-13-11-9-7-2/h20-21,39H,6-19,22-38H2,1-5H3/b21-20+/t39-/m1/s1/i1D3,6D2,8D2. The first kappa shape index (κ1) is 38.0. The fraction of sp³-hybridized carbons (Fsp3) is 0.902. The smallest absolute Gasteiger partial charge is 0.306 e. The first-order valence-corrected chi connectivity index (χ1v) is 21.5. The van der Waals surface area contributed by atoms with Crippen molar-refractivity contribution >= 4 is 19.8 Å². The molecular weight excluding hydrogens is 665 g/mol. The van der Waals surface area contributed by atoms with Gasteiger partial charge in [-0.1, -0.05) is 148 Å². The summed E-state index contributed by atoms with van der Waals surface area (Å²) in [6.07, 6.45) is 20.2. The van der Waals surface area contributed by atoms with Crippen LogP contribution in [0.25, 0.3) is 0 Å². The van der Waals surface area contributed by atoms with Crippen LogP contribution in [0.1, 0.15) is 197 Å². The van der Waals surface area contributed by atoms with Crippen molar-refractivity contribution in [2.45, 2.75) is 193 Å². The molecule has 0 aliphatic carbocycles. The van der Waals surface area contributed by atoms with Gasteiger partial charge in [-0.15, -0.1) is 0 Å². The highest BCUT2D eigenvalue weighted by molar-refractivity contribution is 7.45. The molecular formula is C41H80NO8P. The van der Waals surface area contributed by atoms with Crippen LogP contribution in [-0.2, 0) is 32.7 Å². The van der Waals surface area contributed by atoms with Crippen LogP contribution in [0.15, 0.2) is 12.2 Å². The molecule has 302 valence electrons. The van der Waals surface area contributed by atoms with E-state index in [1.165, 1.54) is 51.4 Å². The molecule has 0 spiro atoms. The number of phosphoric ester groups is 1. The molecule has 0 bridgehead atoms. The van der Waals surface area contributed by atoms with Gasteiger partial charge in [0.05, 0.1) is 27.7 Å². The predicted octanol–water partition coefficient (Wildman–Crippen LogP) is 10.8. The maximum absolute atomic E-state index is 12.7. The molecule has 0 aromatic carbocycles. The summed E-state index contributed by atoms with van der Waals surface area (Å²) in [5.41, 5.74) is 0. The van der Waals surface area contributed by atoms with Gasteiger partial charge in [0.2, 0.25) is 0 Å². The molecule has 0 rings (SSSR count). The molecule has 0 aliphatic heterocycles. The molecule has 9 nitrogen and oxygen atoms in total. The Hall–Kier alpha value is -1.25. The molecule has 0 N–H and O–H groups in total. The van der Waals surface area contributed by atoms with Crippen LogP contribution in [-0.4, -0.2) is 70.0 Å². The van der Waals surface area contributed by atoms with E-state index in [2.05, 4.69) is 19.1 Å². The number of hydrogen-bond acceptors (Lipinski definition) is 8. The molecule has 0 radical (unpaired) electrons. The highest BCUT2D eigenvalue weighted by atomic mass is 31.2. The first-order valence-electron chi connectivity index (χ1n) is 23.5. The number of unbranched alkanes of at least 4 members (excludes halogenated alkanes) is 19. The summed E-state index contributed by atoms with van der Waals surface area (Å²) in [6, 6.07) is 0. The normalized spacial score (nSPS) is 16.6. The van der Waals surface area contributed by atoms with Gasteiger partial charge in [0.25, 0.3) is 7.82 Å². The van der Waals surface area contributed by atoms with E-state index >= 15 is 0 Å². The number of rotatable bonds is 38. The largest absolute Gasteiger partial charge is 0.756 e. The molecule has 0 aromatic heterocycles. The minimum absolute atomic E-state index is 0.0663. The van der Waals surface area contributed by atoms with Crippen molar-refractivity contribution < 1.29 is 51.6 Å². The lowest BCUT2D eigenvalue weighted by atomic mass is 10.0. The molecule has 0 saturated heterocycles. The average Bonchev–Trinajstić information content (AvgIpc) is 3.12. The molecule has 10 heteroatoms. The van der Waals surface area contributed by atoms with Gasteiger partial charge < -0.3 is 27.9 Å². The van der Waals surface area contributed by atoms with Crippen LogP contribution < -0.4 is 4.89 Å². The van der Waals surface area contributed by atoms with Gasteiger partial charge in [-0.05, 0) is 38.5 Å². The third-order valence-electron chi connectivity index (χ3n) is 8.57. The van der Waals surface area contributed by atoms with E-state index in [1.807, 2.05) is 21.1 Å². The van der Waals surface area contributed by atoms with E-state index in [9.17, 15) is 19.0 Å². The first-order chi connectivity index (χ1) is 27.1. The highest BCUT2D eigenvalue weighted by Crippen LogP contribution is 2.38. The minimum Gasteiger partial charge on any atom is -0.756 e. The van der Waals surface area contributed by atoms with E-state index in [4.69, 9.17) is 28.1 Å². The number of carbonyl (C=O) groups is 2. The van der Waals surface area contributed by atoms with Crippen molar-refractivity contribution in [3.05, 3.63) is 12.2 Å². The van der Waals surface area contributed by atoms with E-state index in [0.717, 1.165) is 64.2 Å². The fourth-order valence-corrected chi connectivity index (χ4v) is 6.11. The number of esters is 2. The number of nitrogens with zero attached hydrogens (tertiary/aromatic N) is 1. The van der Waals surface area contributed by atoms with Gasteiger partial charge in [0, 0.05) is 22.4 Å². The number of ether oxygens (including phenoxy) is 2. The summed E-state index contributed by atoms with van der Waals surface area (Å²) in [4.78, 5) is 37.5. The van der Waals surface area contributed by atoms with Crippen LogP contribution in [0.4, 0.5) is 0 Å². The summed E-state index contributed by atoms with van der Waals surface area (Å²) in [5.74, 6) is -0.947. The van der Waals surface area contributed by atoms with Gasteiger partial charge in [-0.3, -0.25) is 14.2 Å². The van der Waals surface area contributed by atoms with Gasteiger partial charge in [0.15, 0.2) is 6.10 Å². The Labute approximate surface area is 324 Å². The van der Waals surface area contributed by atoms with Gasteiger partial charge in [-0.25, -0.2) is 0 Å². The highest BCUT2D eigenvalue weighted by Gasteiger charge is 2.21. The molecule has 0 aliphatic rings. The van der Waals surface area contributed by atoms with Crippen LogP contribution in [0.5, 0.6) is 0 Å². The van der Waals surface area contributed by atoms with Crippen molar-refractivity contribution in [1.82, 2.24) is 0 Å². The van der Waals surface area contributed by atoms with E-state index in [1.54, 1.807) is 0 Å². The summed E-state index contributed by atoms with van der Waals surface area (Å²) < 4.78 is 86.7. The monoisotopic (exact) mass is 753 g/mol. The third-order valence-corrected chi connectivity index (χ3v) is 9.54.